The summed E-state index contributed by atoms with van der Waals surface area (Å²) >= 11 is 0. The summed E-state index contributed by atoms with van der Waals surface area (Å²) in [6.45, 7) is 5.04. The Morgan fingerprint density at radius 2 is 1.96 bits per heavy atom. The highest BCUT2D eigenvalue weighted by atomic mass is 16.5. The lowest BCUT2D eigenvalue weighted by molar-refractivity contribution is -0.116. The van der Waals surface area contributed by atoms with Crippen molar-refractivity contribution in [1.82, 2.24) is 15.4 Å². The first kappa shape index (κ1) is 17.7. The molecule has 1 fully saturated rings. The number of likely N-dealkylation sites (tertiary alicyclic amines) is 1. The van der Waals surface area contributed by atoms with Crippen LogP contribution in [0.15, 0.2) is 52.3 Å². The van der Waals surface area contributed by atoms with E-state index in [0.717, 1.165) is 18.4 Å². The van der Waals surface area contributed by atoms with Gasteiger partial charge in [0.1, 0.15) is 5.76 Å². The first-order chi connectivity index (χ1) is 12.6. The Labute approximate surface area is 150 Å². The van der Waals surface area contributed by atoms with Gasteiger partial charge in [-0.2, -0.15) is 5.16 Å². The van der Waals surface area contributed by atoms with Gasteiger partial charge in [-0.25, -0.2) is 0 Å². The maximum atomic E-state index is 12.6. The smallest absolute Gasteiger partial charge is 0.280 e. The van der Waals surface area contributed by atoms with Gasteiger partial charge < -0.3 is 14.7 Å². The fraction of sp³-hybridized carbons (Fsp3) is 0.316. The normalized spacial score (nSPS) is 14.8. The molecule has 2 N–H and O–H groups in total. The molecule has 1 aromatic carbocycles. The van der Waals surface area contributed by atoms with Gasteiger partial charge >= 0.3 is 0 Å². The van der Waals surface area contributed by atoms with E-state index in [4.69, 9.17) is 4.52 Å². The minimum absolute atomic E-state index is 0.0133. The molecule has 0 bridgehead atoms. The number of carbonyl (C=O) groups is 2. The lowest BCUT2D eigenvalue weighted by Crippen LogP contribution is -2.37. The highest BCUT2D eigenvalue weighted by molar-refractivity contribution is 5.94. The van der Waals surface area contributed by atoms with Gasteiger partial charge in [-0.3, -0.25) is 14.4 Å². The zero-order valence-corrected chi connectivity index (χ0v) is 14.4. The first-order valence-corrected chi connectivity index (χ1v) is 8.53. The maximum Gasteiger partial charge on any atom is 0.280 e. The molecule has 26 heavy (non-hydrogen) atoms. The molecule has 1 aliphatic rings. The van der Waals surface area contributed by atoms with Gasteiger partial charge in [-0.1, -0.05) is 18.7 Å². The average molecular weight is 355 g/mol. The van der Waals surface area contributed by atoms with E-state index < -0.39 is 0 Å². The Morgan fingerprint density at radius 1 is 1.27 bits per heavy atom. The molecule has 0 radical (unpaired) electrons. The number of nitrogens with zero attached hydrogens (tertiary/aromatic N) is 1. The van der Waals surface area contributed by atoms with Crippen LogP contribution in [0.4, 0.5) is 0 Å². The predicted octanol–water partition coefficient (Wildman–Crippen LogP) is 1.79. The first-order valence-electron chi connectivity index (χ1n) is 8.53. The third-order valence-corrected chi connectivity index (χ3v) is 4.58. The summed E-state index contributed by atoms with van der Waals surface area (Å²) in [5, 5.41) is 5.01. The van der Waals surface area contributed by atoms with Crippen molar-refractivity contribution in [3.05, 3.63) is 70.2 Å². The van der Waals surface area contributed by atoms with Crippen molar-refractivity contribution in [3.63, 3.8) is 0 Å². The maximum absolute atomic E-state index is 12.6. The molecule has 0 atom stereocenters. The molecule has 2 heterocycles. The van der Waals surface area contributed by atoms with Gasteiger partial charge in [-0.15, -0.1) is 0 Å². The molecule has 7 nitrogen and oxygen atoms in total. The number of piperidine rings is 1. The quantitative estimate of drug-likeness (QED) is 0.800. The van der Waals surface area contributed by atoms with Crippen molar-refractivity contribution in [2.75, 3.05) is 13.1 Å². The van der Waals surface area contributed by atoms with E-state index >= 15 is 0 Å². The fourth-order valence-corrected chi connectivity index (χ4v) is 3.07. The summed E-state index contributed by atoms with van der Waals surface area (Å²) in [4.78, 5) is 36.8. The third-order valence-electron chi connectivity index (χ3n) is 4.58. The molecule has 136 valence electrons. The molecule has 0 aliphatic carbocycles. The van der Waals surface area contributed by atoms with E-state index in [1.54, 1.807) is 12.1 Å². The van der Waals surface area contributed by atoms with Crippen LogP contribution in [0.3, 0.4) is 0 Å². The number of aromatic amines is 1. The van der Waals surface area contributed by atoms with Crippen LogP contribution < -0.4 is 10.9 Å². The molecule has 2 aromatic rings. The molecule has 1 aromatic heterocycles. The minimum Gasteiger partial charge on any atom is -0.383 e. The number of hydrogen-bond acceptors (Lipinski definition) is 4. The van der Waals surface area contributed by atoms with Crippen LogP contribution in [0.5, 0.6) is 0 Å². The van der Waals surface area contributed by atoms with Crippen LogP contribution in [0.1, 0.15) is 40.4 Å². The second kappa shape index (κ2) is 7.86. The van der Waals surface area contributed by atoms with Crippen LogP contribution in [0.2, 0.25) is 0 Å². The Hall–Kier alpha value is -3.09. The van der Waals surface area contributed by atoms with E-state index in [-0.39, 0.29) is 23.3 Å². The molecular formula is C19H21N3O4. The van der Waals surface area contributed by atoms with Crippen LogP contribution in [0, 0.1) is 0 Å². The molecule has 0 saturated carbocycles. The SMILES string of the molecule is C=CC(=O)NCc1ccc(C(=O)N2CCC(c3cc(=O)[nH]o3)CC2)cc1. The minimum atomic E-state index is -0.233. The number of carbonyl (C=O) groups excluding carboxylic acids is 2. The van der Waals surface area contributed by atoms with Gasteiger partial charge in [0.25, 0.3) is 11.5 Å². The standard InChI is InChI=1S/C19H21N3O4/c1-2-17(23)20-12-13-3-5-15(6-4-13)19(25)22-9-7-14(8-10-22)16-11-18(24)21-26-16/h2-6,11,14H,1,7-10,12H2,(H,20,23)(H,21,24). The van der Waals surface area contributed by atoms with E-state index in [2.05, 4.69) is 17.1 Å². The summed E-state index contributed by atoms with van der Waals surface area (Å²) in [6.07, 6.45) is 2.75. The van der Waals surface area contributed by atoms with Crippen molar-refractivity contribution >= 4 is 11.8 Å². The second-order valence-electron chi connectivity index (χ2n) is 6.30. The Balaban J connectivity index is 1.55. The van der Waals surface area contributed by atoms with Crippen LogP contribution in [0.25, 0.3) is 0 Å². The van der Waals surface area contributed by atoms with Crippen LogP contribution in [-0.4, -0.2) is 35.0 Å². The highest BCUT2D eigenvalue weighted by Crippen LogP contribution is 2.27. The highest BCUT2D eigenvalue weighted by Gasteiger charge is 2.26. The molecule has 7 heteroatoms. The van der Waals surface area contributed by atoms with Crippen molar-refractivity contribution in [2.24, 2.45) is 0 Å². The molecule has 0 unspecified atom stereocenters. The largest absolute Gasteiger partial charge is 0.383 e. The molecule has 1 aliphatic heterocycles. The van der Waals surface area contributed by atoms with Gasteiger partial charge in [0.2, 0.25) is 5.91 Å². The summed E-state index contributed by atoms with van der Waals surface area (Å²) in [6, 6.07) is 8.69. The molecule has 1 saturated heterocycles. The molecular weight excluding hydrogens is 334 g/mol. The zero-order chi connectivity index (χ0) is 18.5. The van der Waals surface area contributed by atoms with Gasteiger partial charge in [0.15, 0.2) is 0 Å². The molecule has 3 rings (SSSR count). The zero-order valence-electron chi connectivity index (χ0n) is 14.4. The molecule has 0 spiro atoms. The molecule has 2 amide bonds. The fourth-order valence-electron chi connectivity index (χ4n) is 3.07. The second-order valence-corrected chi connectivity index (χ2v) is 6.30. The van der Waals surface area contributed by atoms with Crippen LogP contribution in [-0.2, 0) is 11.3 Å². The summed E-state index contributed by atoms with van der Waals surface area (Å²) in [5.41, 5.74) is 1.30. The van der Waals surface area contributed by atoms with Crippen molar-refractivity contribution in [1.29, 1.82) is 0 Å². The van der Waals surface area contributed by atoms with Crippen molar-refractivity contribution in [3.8, 4) is 0 Å². The number of aromatic nitrogens is 1. The van der Waals surface area contributed by atoms with E-state index in [1.807, 2.05) is 17.0 Å². The van der Waals surface area contributed by atoms with Gasteiger partial charge in [0, 0.05) is 37.2 Å². The van der Waals surface area contributed by atoms with E-state index in [0.29, 0.717) is 31.0 Å². The van der Waals surface area contributed by atoms with Gasteiger partial charge in [0.05, 0.1) is 0 Å². The lowest BCUT2D eigenvalue weighted by atomic mass is 9.94. The number of hydrogen-bond donors (Lipinski definition) is 2. The average Bonchev–Trinajstić information content (AvgIpc) is 3.12. The van der Waals surface area contributed by atoms with Crippen molar-refractivity contribution < 1.29 is 14.1 Å². The number of nitrogens with one attached hydrogen (secondary N) is 2. The third kappa shape index (κ3) is 4.11. The number of amides is 2. The lowest BCUT2D eigenvalue weighted by Gasteiger charge is -2.31. The Kier molecular flexibility index (Phi) is 5.36. The monoisotopic (exact) mass is 355 g/mol. The number of H-pyrrole nitrogens is 1. The predicted molar refractivity (Wildman–Crippen MR) is 95.7 cm³/mol. The summed E-state index contributed by atoms with van der Waals surface area (Å²) in [7, 11) is 0. The Morgan fingerprint density at radius 3 is 2.54 bits per heavy atom. The van der Waals surface area contributed by atoms with E-state index in [9.17, 15) is 14.4 Å². The topological polar surface area (TPSA) is 95.4 Å². The summed E-state index contributed by atoms with van der Waals surface area (Å²) < 4.78 is 5.17. The number of benzene rings is 1. The van der Waals surface area contributed by atoms with E-state index in [1.165, 1.54) is 12.1 Å². The van der Waals surface area contributed by atoms with Crippen molar-refractivity contribution in [2.45, 2.75) is 25.3 Å². The van der Waals surface area contributed by atoms with Gasteiger partial charge in [-0.05, 0) is 36.6 Å². The number of rotatable bonds is 5. The summed E-state index contributed by atoms with van der Waals surface area (Å²) in [5.74, 6) is 0.578. The van der Waals surface area contributed by atoms with Crippen LogP contribution >= 0.6 is 0 Å². The Bertz CT molecular complexity index is 842.